The molecule has 0 saturated carbocycles. The number of H-pyrrole nitrogens is 1. The van der Waals surface area contributed by atoms with Gasteiger partial charge in [-0.25, -0.2) is 4.98 Å². The third-order valence-corrected chi connectivity index (χ3v) is 4.98. The van der Waals surface area contributed by atoms with Crippen LogP contribution in [0.15, 0.2) is 45.8 Å². The van der Waals surface area contributed by atoms with Crippen LogP contribution in [0.4, 0.5) is 5.69 Å². The predicted octanol–water partition coefficient (Wildman–Crippen LogP) is 3.38. The molecule has 4 rings (SSSR count). The summed E-state index contributed by atoms with van der Waals surface area (Å²) in [6.07, 6.45) is 2.56. The van der Waals surface area contributed by atoms with Crippen molar-refractivity contribution in [3.63, 3.8) is 0 Å². The molecule has 0 bridgehead atoms. The third kappa shape index (κ3) is 2.82. The molecule has 3 aromatic rings. The summed E-state index contributed by atoms with van der Waals surface area (Å²) in [7, 11) is 0. The van der Waals surface area contributed by atoms with E-state index in [0.29, 0.717) is 0 Å². The van der Waals surface area contributed by atoms with Gasteiger partial charge in [-0.05, 0) is 37.6 Å². The Bertz CT molecular complexity index is 969. The molecule has 122 valence electrons. The maximum atomic E-state index is 11.5. The molecule has 0 amide bonds. The number of fused-ring (bicyclic) bond motifs is 1. The van der Waals surface area contributed by atoms with Gasteiger partial charge < -0.3 is 9.88 Å². The summed E-state index contributed by atoms with van der Waals surface area (Å²) in [6, 6.07) is 9.77. The van der Waals surface area contributed by atoms with Crippen LogP contribution in [-0.2, 0) is 0 Å². The maximum absolute atomic E-state index is 11.5. The molecular weight excluding hydrogens is 368 g/mol. The molecule has 1 aliphatic rings. The molecule has 1 atom stereocenters. The fraction of sp³-hybridized carbons (Fsp3) is 0.278. The molecule has 2 aromatic heterocycles. The Kier molecular flexibility index (Phi) is 3.84. The van der Waals surface area contributed by atoms with Gasteiger partial charge in [0.2, 0.25) is 0 Å². The summed E-state index contributed by atoms with van der Waals surface area (Å²) in [6.45, 7) is 3.81. The van der Waals surface area contributed by atoms with Gasteiger partial charge in [0.05, 0.1) is 5.52 Å². The van der Waals surface area contributed by atoms with Crippen molar-refractivity contribution in [3.8, 4) is 0 Å². The van der Waals surface area contributed by atoms with E-state index in [4.69, 9.17) is 0 Å². The van der Waals surface area contributed by atoms with Gasteiger partial charge >= 0.3 is 0 Å². The number of rotatable bonds is 2. The number of nitrogens with one attached hydrogen (secondary N) is 1. The molecule has 3 heterocycles. The fourth-order valence-electron chi connectivity index (χ4n) is 3.37. The van der Waals surface area contributed by atoms with Gasteiger partial charge in [-0.15, -0.1) is 0 Å². The van der Waals surface area contributed by atoms with Crippen LogP contribution in [0.25, 0.3) is 10.9 Å². The van der Waals surface area contributed by atoms with Crippen molar-refractivity contribution in [1.82, 2.24) is 15.0 Å². The van der Waals surface area contributed by atoms with Crippen LogP contribution in [0, 0.1) is 6.92 Å². The van der Waals surface area contributed by atoms with Crippen molar-refractivity contribution in [1.29, 1.82) is 0 Å². The summed E-state index contributed by atoms with van der Waals surface area (Å²) in [5.41, 5.74) is 3.12. The van der Waals surface area contributed by atoms with E-state index in [0.717, 1.165) is 46.4 Å². The molecule has 5 nitrogen and oxygen atoms in total. The first kappa shape index (κ1) is 15.3. The lowest BCUT2D eigenvalue weighted by Gasteiger charge is -2.21. The average molecular weight is 385 g/mol. The maximum Gasteiger partial charge on any atom is 0.250 e. The Morgan fingerprint density at radius 3 is 3.00 bits per heavy atom. The molecule has 0 aliphatic carbocycles. The minimum absolute atomic E-state index is 0.0902. The zero-order valence-electron chi connectivity index (χ0n) is 13.3. The molecule has 1 aromatic carbocycles. The number of halogens is 1. The fourth-order valence-corrected chi connectivity index (χ4v) is 3.73. The minimum Gasteiger partial charge on any atom is -0.370 e. The average Bonchev–Trinajstić information content (AvgIpc) is 3.04. The largest absolute Gasteiger partial charge is 0.370 e. The van der Waals surface area contributed by atoms with E-state index < -0.39 is 0 Å². The zero-order chi connectivity index (χ0) is 16.7. The highest BCUT2D eigenvalue weighted by atomic mass is 79.9. The number of hydrogen-bond acceptors (Lipinski definition) is 4. The Balaban J connectivity index is 1.71. The normalized spacial score (nSPS) is 17.6. The van der Waals surface area contributed by atoms with Gasteiger partial charge in [0.25, 0.3) is 5.56 Å². The number of aromatic amines is 1. The molecule has 1 saturated heterocycles. The van der Waals surface area contributed by atoms with Crippen molar-refractivity contribution in [2.75, 3.05) is 18.0 Å². The van der Waals surface area contributed by atoms with E-state index in [1.54, 1.807) is 6.20 Å². The predicted molar refractivity (Wildman–Crippen MR) is 98.6 cm³/mol. The molecule has 0 radical (unpaired) electrons. The molecule has 1 N–H and O–H groups in total. The van der Waals surface area contributed by atoms with E-state index in [-0.39, 0.29) is 11.5 Å². The van der Waals surface area contributed by atoms with E-state index in [9.17, 15) is 4.79 Å². The van der Waals surface area contributed by atoms with Crippen LogP contribution in [0.3, 0.4) is 0 Å². The van der Waals surface area contributed by atoms with Crippen LogP contribution >= 0.6 is 15.9 Å². The van der Waals surface area contributed by atoms with Gasteiger partial charge in [-0.1, -0.05) is 15.9 Å². The number of nitrogens with zero attached hydrogens (tertiary/aromatic N) is 3. The molecule has 6 heteroatoms. The van der Waals surface area contributed by atoms with E-state index in [1.165, 1.54) is 11.8 Å². The molecule has 1 unspecified atom stereocenters. The Labute approximate surface area is 147 Å². The number of aryl methyl sites for hydroxylation is 1. The summed E-state index contributed by atoms with van der Waals surface area (Å²) in [5.74, 6) is 1.02. The van der Waals surface area contributed by atoms with Crippen LogP contribution < -0.4 is 10.5 Å². The first-order chi connectivity index (χ1) is 11.6. The lowest BCUT2D eigenvalue weighted by molar-refractivity contribution is 0.704. The second kappa shape index (κ2) is 6.02. The van der Waals surface area contributed by atoms with Gasteiger partial charge in [-0.2, -0.15) is 0 Å². The number of pyridine rings is 1. The highest BCUT2D eigenvalue weighted by molar-refractivity contribution is 9.10. The standard InChI is InChI=1S/C18H17BrN4O/c1-11-8-16(14-9-13(19)2-3-15(14)21-11)23-7-5-12(10-23)18-20-6-4-17(24)22-18/h2-4,6,8-9,12H,5,7,10H2,1H3,(H,20,22,24). The van der Waals surface area contributed by atoms with Crippen molar-refractivity contribution >= 4 is 32.5 Å². The molecular formula is C18H17BrN4O. The Morgan fingerprint density at radius 1 is 1.29 bits per heavy atom. The van der Waals surface area contributed by atoms with Crippen molar-refractivity contribution in [3.05, 3.63) is 62.9 Å². The number of anilines is 1. The minimum atomic E-state index is -0.0902. The number of benzene rings is 1. The van der Waals surface area contributed by atoms with E-state index >= 15 is 0 Å². The van der Waals surface area contributed by atoms with E-state index in [1.807, 2.05) is 19.1 Å². The Hall–Kier alpha value is -2.21. The van der Waals surface area contributed by atoms with Crippen LogP contribution in [0.2, 0.25) is 0 Å². The lowest BCUT2D eigenvalue weighted by atomic mass is 10.1. The summed E-state index contributed by atoms with van der Waals surface area (Å²) < 4.78 is 1.05. The summed E-state index contributed by atoms with van der Waals surface area (Å²) >= 11 is 3.55. The van der Waals surface area contributed by atoms with Gasteiger partial charge in [0, 0.05) is 52.5 Å². The quantitative estimate of drug-likeness (QED) is 0.735. The number of aromatic nitrogens is 3. The molecule has 1 aliphatic heterocycles. The van der Waals surface area contributed by atoms with Crippen LogP contribution in [0.5, 0.6) is 0 Å². The van der Waals surface area contributed by atoms with E-state index in [2.05, 4.69) is 47.9 Å². The SMILES string of the molecule is Cc1cc(N2CCC(c3nccc(=O)[nH]3)C2)c2cc(Br)ccc2n1. The first-order valence-electron chi connectivity index (χ1n) is 7.97. The molecule has 24 heavy (non-hydrogen) atoms. The van der Waals surface area contributed by atoms with Crippen molar-refractivity contribution in [2.45, 2.75) is 19.3 Å². The first-order valence-corrected chi connectivity index (χ1v) is 8.76. The van der Waals surface area contributed by atoms with Crippen LogP contribution in [-0.4, -0.2) is 28.0 Å². The highest BCUT2D eigenvalue weighted by Gasteiger charge is 2.27. The van der Waals surface area contributed by atoms with Gasteiger partial charge in [0.15, 0.2) is 0 Å². The second-order valence-corrected chi connectivity index (χ2v) is 7.11. The smallest absolute Gasteiger partial charge is 0.250 e. The van der Waals surface area contributed by atoms with Crippen LogP contribution in [0.1, 0.15) is 23.9 Å². The third-order valence-electron chi connectivity index (χ3n) is 4.48. The topological polar surface area (TPSA) is 61.9 Å². The van der Waals surface area contributed by atoms with Gasteiger partial charge in [0.1, 0.15) is 5.82 Å². The Morgan fingerprint density at radius 2 is 2.17 bits per heavy atom. The number of hydrogen-bond donors (Lipinski definition) is 1. The highest BCUT2D eigenvalue weighted by Crippen LogP contribution is 2.34. The second-order valence-electron chi connectivity index (χ2n) is 6.20. The van der Waals surface area contributed by atoms with Gasteiger partial charge in [-0.3, -0.25) is 9.78 Å². The van der Waals surface area contributed by atoms with Crippen molar-refractivity contribution in [2.24, 2.45) is 0 Å². The lowest BCUT2D eigenvalue weighted by Crippen LogP contribution is -2.21. The summed E-state index contributed by atoms with van der Waals surface area (Å²) in [4.78, 5) is 25.7. The molecule has 1 fully saturated rings. The zero-order valence-corrected chi connectivity index (χ0v) is 14.9. The van der Waals surface area contributed by atoms with Crippen molar-refractivity contribution < 1.29 is 0 Å². The summed E-state index contributed by atoms with van der Waals surface area (Å²) in [5, 5.41) is 1.14. The monoisotopic (exact) mass is 384 g/mol. The molecule has 0 spiro atoms.